The molecule has 3 rings (SSSR count). The second-order valence-electron chi connectivity index (χ2n) is 9.19. The van der Waals surface area contributed by atoms with Crippen LogP contribution in [0.1, 0.15) is 57.9 Å². The molecule has 0 aliphatic heterocycles. The molecule has 0 radical (unpaired) electrons. The lowest BCUT2D eigenvalue weighted by atomic mass is 9.74. The van der Waals surface area contributed by atoms with Crippen molar-refractivity contribution in [3.8, 4) is 11.5 Å². The molecule has 0 atom stereocenters. The van der Waals surface area contributed by atoms with E-state index < -0.39 is 10.1 Å². The molecule has 0 amide bonds. The minimum Gasteiger partial charge on any atom is -0.493 e. The molecular formula is C24H31ClO6S2. The Hall–Kier alpha value is -1.61. The van der Waals surface area contributed by atoms with Gasteiger partial charge in [-0.1, -0.05) is 25.4 Å². The number of rotatable bonds is 10. The second kappa shape index (κ2) is 10.3. The standard InChI is InChI=1S/C24H31ClO6S2/c1-15-18-14-24(2,3)9-8-17(18)23(32-15)20(26)7-6-16-12-19(25)22(21(13-16)29-4)30-10-11-31-33(5,27)28/h12-13H,6-11,14H2,1-5H3. The number of fused-ring (bicyclic) bond motifs is 1. The molecule has 1 aliphatic rings. The van der Waals surface area contributed by atoms with E-state index in [2.05, 4.69) is 25.0 Å². The number of benzene rings is 1. The maximum atomic E-state index is 13.1. The molecule has 1 heterocycles. The van der Waals surface area contributed by atoms with Gasteiger partial charge < -0.3 is 9.47 Å². The van der Waals surface area contributed by atoms with E-state index in [0.29, 0.717) is 29.4 Å². The van der Waals surface area contributed by atoms with Crippen LogP contribution in [0.2, 0.25) is 5.02 Å². The topological polar surface area (TPSA) is 78.9 Å². The SMILES string of the molecule is COc1cc(CCC(=O)c2sc(C)c3c2CCC(C)(C)C3)cc(Cl)c1OCCOS(C)(=O)=O. The van der Waals surface area contributed by atoms with Gasteiger partial charge >= 0.3 is 0 Å². The first kappa shape index (κ1) is 26.0. The van der Waals surface area contributed by atoms with Crippen molar-refractivity contribution in [3.63, 3.8) is 0 Å². The van der Waals surface area contributed by atoms with E-state index in [0.717, 1.165) is 36.0 Å². The van der Waals surface area contributed by atoms with Gasteiger partial charge in [-0.05, 0) is 66.8 Å². The number of ether oxygens (including phenoxy) is 2. The molecule has 0 fully saturated rings. The van der Waals surface area contributed by atoms with Crippen molar-refractivity contribution in [3.05, 3.63) is 43.6 Å². The highest BCUT2D eigenvalue weighted by Gasteiger charge is 2.31. The van der Waals surface area contributed by atoms with Crippen molar-refractivity contribution in [2.24, 2.45) is 5.41 Å². The van der Waals surface area contributed by atoms with E-state index in [4.69, 9.17) is 21.1 Å². The zero-order valence-electron chi connectivity index (χ0n) is 19.7. The summed E-state index contributed by atoms with van der Waals surface area (Å²) in [5.74, 6) is 0.908. The highest BCUT2D eigenvalue weighted by atomic mass is 35.5. The summed E-state index contributed by atoms with van der Waals surface area (Å²) < 4.78 is 37.8. The van der Waals surface area contributed by atoms with Crippen LogP contribution >= 0.6 is 22.9 Å². The van der Waals surface area contributed by atoms with Crippen molar-refractivity contribution in [1.29, 1.82) is 0 Å². The van der Waals surface area contributed by atoms with Crippen LogP contribution in [0, 0.1) is 12.3 Å². The predicted octanol–water partition coefficient (Wildman–Crippen LogP) is 5.40. The molecular weight excluding hydrogens is 484 g/mol. The number of ketones is 1. The van der Waals surface area contributed by atoms with Crippen molar-refractivity contribution in [1.82, 2.24) is 0 Å². The minimum atomic E-state index is -3.54. The van der Waals surface area contributed by atoms with Crippen molar-refractivity contribution >= 4 is 38.8 Å². The predicted molar refractivity (Wildman–Crippen MR) is 132 cm³/mol. The summed E-state index contributed by atoms with van der Waals surface area (Å²) in [6.07, 6.45) is 4.98. The highest BCUT2D eigenvalue weighted by molar-refractivity contribution is 7.85. The number of halogens is 1. The van der Waals surface area contributed by atoms with E-state index in [-0.39, 0.29) is 24.4 Å². The Morgan fingerprint density at radius 3 is 2.61 bits per heavy atom. The Bertz CT molecular complexity index is 1130. The maximum absolute atomic E-state index is 13.1. The lowest BCUT2D eigenvalue weighted by Gasteiger charge is -2.30. The number of hydrogen-bond donors (Lipinski definition) is 0. The third-order valence-corrected chi connectivity index (χ3v) is 7.94. The van der Waals surface area contributed by atoms with E-state index in [1.165, 1.54) is 23.1 Å². The summed E-state index contributed by atoms with van der Waals surface area (Å²) in [4.78, 5) is 15.2. The Balaban J connectivity index is 1.67. The van der Waals surface area contributed by atoms with Crippen LogP contribution in [0.15, 0.2) is 12.1 Å². The summed E-state index contributed by atoms with van der Waals surface area (Å²) in [5, 5.41) is 0.336. The molecule has 0 N–H and O–H groups in total. The molecule has 1 aliphatic carbocycles. The Morgan fingerprint density at radius 1 is 1.21 bits per heavy atom. The van der Waals surface area contributed by atoms with Gasteiger partial charge in [-0.2, -0.15) is 8.42 Å². The number of carbonyl (C=O) groups is 1. The smallest absolute Gasteiger partial charge is 0.264 e. The molecule has 9 heteroatoms. The molecule has 0 saturated heterocycles. The Kier molecular flexibility index (Phi) is 8.15. The molecule has 33 heavy (non-hydrogen) atoms. The summed E-state index contributed by atoms with van der Waals surface area (Å²) >= 11 is 8.02. The van der Waals surface area contributed by atoms with E-state index in [1.54, 1.807) is 23.5 Å². The fourth-order valence-corrected chi connectivity index (χ4v) is 5.98. The number of hydrogen-bond acceptors (Lipinski definition) is 7. The van der Waals surface area contributed by atoms with Crippen LogP contribution in [0.4, 0.5) is 0 Å². The lowest BCUT2D eigenvalue weighted by molar-refractivity contribution is 0.0985. The molecule has 0 spiro atoms. The third kappa shape index (κ3) is 6.72. The summed E-state index contributed by atoms with van der Waals surface area (Å²) in [6, 6.07) is 3.55. The first-order chi connectivity index (χ1) is 15.4. The van der Waals surface area contributed by atoms with Gasteiger partial charge in [0, 0.05) is 11.3 Å². The van der Waals surface area contributed by atoms with E-state index >= 15 is 0 Å². The van der Waals surface area contributed by atoms with Crippen molar-refractivity contribution in [2.75, 3.05) is 26.6 Å². The Morgan fingerprint density at radius 2 is 1.94 bits per heavy atom. The van der Waals surface area contributed by atoms with Gasteiger partial charge in [-0.15, -0.1) is 11.3 Å². The number of carbonyl (C=O) groups excluding carboxylic acids is 1. The fraction of sp³-hybridized carbons (Fsp3) is 0.542. The fourth-order valence-electron chi connectivity index (χ4n) is 4.14. The summed E-state index contributed by atoms with van der Waals surface area (Å²) in [5.41, 5.74) is 3.77. The molecule has 1 aromatic carbocycles. The average molecular weight is 515 g/mol. The molecule has 2 aromatic rings. The lowest BCUT2D eigenvalue weighted by Crippen LogP contribution is -2.22. The molecule has 0 saturated carbocycles. The van der Waals surface area contributed by atoms with Gasteiger partial charge in [0.1, 0.15) is 13.2 Å². The summed E-state index contributed by atoms with van der Waals surface area (Å²) in [6.45, 7) is 6.57. The first-order valence-corrected chi connectivity index (χ1v) is 13.9. The minimum absolute atomic E-state index is 0.000622. The molecule has 6 nitrogen and oxygen atoms in total. The van der Waals surface area contributed by atoms with E-state index in [1.807, 2.05) is 0 Å². The Labute approximate surface area is 205 Å². The normalized spacial score (nSPS) is 15.2. The molecule has 182 valence electrons. The third-order valence-electron chi connectivity index (χ3n) is 5.84. The van der Waals surface area contributed by atoms with Crippen molar-refractivity contribution < 1.29 is 26.9 Å². The van der Waals surface area contributed by atoms with Crippen LogP contribution in [0.25, 0.3) is 0 Å². The number of Topliss-reactive ketones (excluding diaryl/α,β-unsaturated/α-hetero) is 1. The second-order valence-corrected chi connectivity index (χ2v) is 12.5. The van der Waals surface area contributed by atoms with Gasteiger partial charge in [-0.25, -0.2) is 0 Å². The van der Waals surface area contributed by atoms with Gasteiger partial charge in [0.2, 0.25) is 0 Å². The van der Waals surface area contributed by atoms with Gasteiger partial charge in [-0.3, -0.25) is 8.98 Å². The molecule has 1 aromatic heterocycles. The zero-order chi connectivity index (χ0) is 24.4. The van der Waals surface area contributed by atoms with Crippen LogP contribution in [0.3, 0.4) is 0 Å². The van der Waals surface area contributed by atoms with Crippen LogP contribution < -0.4 is 9.47 Å². The molecule has 0 bridgehead atoms. The van der Waals surface area contributed by atoms with Gasteiger partial charge in [0.25, 0.3) is 10.1 Å². The monoisotopic (exact) mass is 514 g/mol. The van der Waals surface area contributed by atoms with Gasteiger partial charge in [0.05, 0.1) is 23.3 Å². The maximum Gasteiger partial charge on any atom is 0.264 e. The zero-order valence-corrected chi connectivity index (χ0v) is 22.1. The average Bonchev–Trinajstić information content (AvgIpc) is 3.04. The van der Waals surface area contributed by atoms with Gasteiger partial charge in [0.15, 0.2) is 17.3 Å². The number of methoxy groups -OCH3 is 1. The van der Waals surface area contributed by atoms with E-state index in [9.17, 15) is 13.2 Å². The largest absolute Gasteiger partial charge is 0.493 e. The van der Waals surface area contributed by atoms with Crippen LogP contribution in [0.5, 0.6) is 11.5 Å². The number of thiophene rings is 1. The number of aryl methyl sites for hydroxylation is 2. The highest BCUT2D eigenvalue weighted by Crippen LogP contribution is 2.42. The van der Waals surface area contributed by atoms with Crippen LogP contribution in [-0.2, 0) is 33.6 Å². The summed E-state index contributed by atoms with van der Waals surface area (Å²) in [7, 11) is -2.03. The molecule has 0 unspecified atom stereocenters. The van der Waals surface area contributed by atoms with Crippen LogP contribution in [-0.4, -0.2) is 40.8 Å². The first-order valence-electron chi connectivity index (χ1n) is 10.9. The van der Waals surface area contributed by atoms with Crippen molar-refractivity contribution in [2.45, 2.75) is 52.9 Å². The quantitative estimate of drug-likeness (QED) is 0.240.